The van der Waals surface area contributed by atoms with E-state index in [1.54, 1.807) is 18.3 Å². The van der Waals surface area contributed by atoms with Crippen molar-refractivity contribution >= 4 is 23.1 Å². The van der Waals surface area contributed by atoms with Gasteiger partial charge in [-0.25, -0.2) is 4.98 Å². The van der Waals surface area contributed by atoms with Crippen LogP contribution in [0.5, 0.6) is 0 Å². The van der Waals surface area contributed by atoms with Crippen molar-refractivity contribution in [2.75, 3.05) is 23.3 Å². The first-order valence-electron chi connectivity index (χ1n) is 10.1. The summed E-state index contributed by atoms with van der Waals surface area (Å²) in [6.45, 7) is 4.82. The number of rotatable bonds is 6. The van der Waals surface area contributed by atoms with Gasteiger partial charge in [0.1, 0.15) is 5.82 Å². The predicted octanol–water partition coefficient (Wildman–Crippen LogP) is 4.66. The third-order valence-corrected chi connectivity index (χ3v) is 5.21. The maximum absolute atomic E-state index is 12.5. The Hall–Kier alpha value is -3.34. The molecule has 1 saturated heterocycles. The van der Waals surface area contributed by atoms with E-state index in [-0.39, 0.29) is 5.91 Å². The van der Waals surface area contributed by atoms with Crippen LogP contribution in [0.2, 0.25) is 0 Å². The number of pyridine rings is 1. The zero-order valence-electron chi connectivity index (χ0n) is 16.7. The standard InChI is InChI=1S/C24H26N4O/c1-18-4-6-19(7-5-18)17-26-24(29)20-12-13-25-23(16-20)27-21-8-10-22(11-9-21)28-14-2-3-15-28/h4-13,16H,2-3,14-15,17H2,1H3,(H,25,27)(H,26,29). The van der Waals surface area contributed by atoms with E-state index < -0.39 is 0 Å². The van der Waals surface area contributed by atoms with Gasteiger partial charge < -0.3 is 15.5 Å². The molecule has 1 aliphatic rings. The first kappa shape index (κ1) is 19.0. The summed E-state index contributed by atoms with van der Waals surface area (Å²) >= 11 is 0. The Bertz CT molecular complexity index is 961. The van der Waals surface area contributed by atoms with Crippen molar-refractivity contribution in [2.24, 2.45) is 0 Å². The Balaban J connectivity index is 1.37. The molecule has 2 aromatic carbocycles. The maximum atomic E-state index is 12.5. The number of aryl methyl sites for hydroxylation is 1. The van der Waals surface area contributed by atoms with E-state index in [9.17, 15) is 4.79 Å². The summed E-state index contributed by atoms with van der Waals surface area (Å²) in [4.78, 5) is 19.3. The zero-order chi connectivity index (χ0) is 20.1. The van der Waals surface area contributed by atoms with Crippen molar-refractivity contribution in [3.63, 3.8) is 0 Å². The Morgan fingerprint density at radius 1 is 1.00 bits per heavy atom. The predicted molar refractivity (Wildman–Crippen MR) is 118 cm³/mol. The number of amides is 1. The molecule has 2 N–H and O–H groups in total. The maximum Gasteiger partial charge on any atom is 0.251 e. The number of anilines is 3. The molecule has 4 rings (SSSR count). The number of benzene rings is 2. The smallest absolute Gasteiger partial charge is 0.251 e. The second kappa shape index (κ2) is 8.78. The van der Waals surface area contributed by atoms with Crippen LogP contribution in [0, 0.1) is 6.92 Å². The molecular formula is C24H26N4O. The minimum absolute atomic E-state index is 0.111. The van der Waals surface area contributed by atoms with E-state index >= 15 is 0 Å². The van der Waals surface area contributed by atoms with E-state index in [1.165, 1.54) is 24.1 Å². The van der Waals surface area contributed by atoms with Crippen LogP contribution in [0.1, 0.15) is 34.3 Å². The van der Waals surface area contributed by atoms with Gasteiger partial charge in [-0.15, -0.1) is 0 Å². The lowest BCUT2D eigenvalue weighted by Gasteiger charge is -2.18. The van der Waals surface area contributed by atoms with Gasteiger partial charge in [0.25, 0.3) is 5.91 Å². The molecule has 1 aromatic heterocycles. The quantitative estimate of drug-likeness (QED) is 0.647. The molecular weight excluding hydrogens is 360 g/mol. The fourth-order valence-electron chi connectivity index (χ4n) is 3.51. The third-order valence-electron chi connectivity index (χ3n) is 5.21. The monoisotopic (exact) mass is 386 g/mol. The largest absolute Gasteiger partial charge is 0.372 e. The lowest BCUT2D eigenvalue weighted by molar-refractivity contribution is 0.0951. The van der Waals surface area contributed by atoms with Crippen molar-refractivity contribution in [3.8, 4) is 0 Å². The third kappa shape index (κ3) is 4.93. The molecule has 0 atom stereocenters. The summed E-state index contributed by atoms with van der Waals surface area (Å²) in [5.74, 6) is 0.544. The summed E-state index contributed by atoms with van der Waals surface area (Å²) in [5, 5.41) is 6.25. The van der Waals surface area contributed by atoms with Crippen LogP contribution in [0.15, 0.2) is 66.9 Å². The van der Waals surface area contributed by atoms with E-state index in [2.05, 4.69) is 44.8 Å². The van der Waals surface area contributed by atoms with E-state index in [0.717, 1.165) is 24.3 Å². The molecule has 0 radical (unpaired) electrons. The van der Waals surface area contributed by atoms with Crippen LogP contribution in [0.4, 0.5) is 17.2 Å². The van der Waals surface area contributed by atoms with E-state index in [0.29, 0.717) is 17.9 Å². The Labute approximate surface area is 171 Å². The average molecular weight is 386 g/mol. The normalized spacial score (nSPS) is 13.3. The fraction of sp³-hybridized carbons (Fsp3) is 0.250. The Kier molecular flexibility index (Phi) is 5.75. The number of aromatic nitrogens is 1. The molecule has 0 unspecified atom stereocenters. The topological polar surface area (TPSA) is 57.3 Å². The first-order chi connectivity index (χ1) is 14.2. The molecule has 2 heterocycles. The SMILES string of the molecule is Cc1ccc(CNC(=O)c2ccnc(Nc3ccc(N4CCCC4)cc3)c2)cc1. The lowest BCUT2D eigenvalue weighted by atomic mass is 10.1. The van der Waals surface area contributed by atoms with Gasteiger partial charge in [0.2, 0.25) is 0 Å². The second-order valence-corrected chi connectivity index (χ2v) is 7.46. The van der Waals surface area contributed by atoms with Gasteiger partial charge >= 0.3 is 0 Å². The van der Waals surface area contributed by atoms with Crippen LogP contribution >= 0.6 is 0 Å². The van der Waals surface area contributed by atoms with Crippen molar-refractivity contribution in [1.82, 2.24) is 10.3 Å². The first-order valence-corrected chi connectivity index (χ1v) is 10.1. The number of carbonyl (C=O) groups excluding carboxylic acids is 1. The molecule has 148 valence electrons. The van der Waals surface area contributed by atoms with Gasteiger partial charge in [0.05, 0.1) is 0 Å². The summed E-state index contributed by atoms with van der Waals surface area (Å²) in [6, 6.07) is 20.0. The van der Waals surface area contributed by atoms with Crippen molar-refractivity contribution in [1.29, 1.82) is 0 Å². The van der Waals surface area contributed by atoms with Crippen LogP contribution in [0.3, 0.4) is 0 Å². The highest BCUT2D eigenvalue weighted by atomic mass is 16.1. The number of hydrogen-bond acceptors (Lipinski definition) is 4. The highest BCUT2D eigenvalue weighted by Crippen LogP contribution is 2.23. The van der Waals surface area contributed by atoms with Crippen LogP contribution in [-0.4, -0.2) is 24.0 Å². The van der Waals surface area contributed by atoms with E-state index in [4.69, 9.17) is 0 Å². The average Bonchev–Trinajstić information content (AvgIpc) is 3.29. The number of hydrogen-bond donors (Lipinski definition) is 2. The molecule has 5 heteroatoms. The molecule has 0 spiro atoms. The minimum Gasteiger partial charge on any atom is -0.372 e. The number of nitrogens with zero attached hydrogens (tertiary/aromatic N) is 2. The molecule has 1 aliphatic heterocycles. The van der Waals surface area contributed by atoms with Gasteiger partial charge in [-0.05, 0) is 61.7 Å². The molecule has 1 amide bonds. The summed E-state index contributed by atoms with van der Waals surface area (Å²) in [6.07, 6.45) is 4.19. The highest BCUT2D eigenvalue weighted by Gasteiger charge is 2.12. The highest BCUT2D eigenvalue weighted by molar-refractivity contribution is 5.94. The molecule has 3 aromatic rings. The van der Waals surface area contributed by atoms with Crippen LogP contribution in [0.25, 0.3) is 0 Å². The second-order valence-electron chi connectivity index (χ2n) is 7.46. The molecule has 0 saturated carbocycles. The van der Waals surface area contributed by atoms with Gasteiger partial charge in [-0.2, -0.15) is 0 Å². The Morgan fingerprint density at radius 3 is 2.45 bits per heavy atom. The molecule has 5 nitrogen and oxygen atoms in total. The van der Waals surface area contributed by atoms with Crippen molar-refractivity contribution in [2.45, 2.75) is 26.3 Å². The van der Waals surface area contributed by atoms with Gasteiger partial charge in [-0.3, -0.25) is 4.79 Å². The lowest BCUT2D eigenvalue weighted by Crippen LogP contribution is -2.22. The summed E-state index contributed by atoms with van der Waals surface area (Å²) < 4.78 is 0. The van der Waals surface area contributed by atoms with Crippen LogP contribution < -0.4 is 15.5 Å². The molecule has 29 heavy (non-hydrogen) atoms. The minimum atomic E-state index is -0.111. The molecule has 1 fully saturated rings. The van der Waals surface area contributed by atoms with Gasteiger partial charge in [-0.1, -0.05) is 29.8 Å². The number of nitrogens with one attached hydrogen (secondary N) is 2. The number of carbonyl (C=O) groups is 1. The summed E-state index contributed by atoms with van der Waals surface area (Å²) in [7, 11) is 0. The van der Waals surface area contributed by atoms with Crippen molar-refractivity contribution in [3.05, 3.63) is 83.6 Å². The van der Waals surface area contributed by atoms with Crippen molar-refractivity contribution < 1.29 is 4.79 Å². The molecule has 0 aliphatic carbocycles. The van der Waals surface area contributed by atoms with Gasteiger partial charge in [0.15, 0.2) is 0 Å². The Morgan fingerprint density at radius 2 is 1.72 bits per heavy atom. The summed E-state index contributed by atoms with van der Waals surface area (Å²) in [5.41, 5.74) is 5.08. The fourth-order valence-corrected chi connectivity index (χ4v) is 3.51. The molecule has 0 bridgehead atoms. The zero-order valence-corrected chi connectivity index (χ0v) is 16.7. The van der Waals surface area contributed by atoms with Gasteiger partial charge in [0, 0.05) is 42.8 Å². The van der Waals surface area contributed by atoms with Crippen LogP contribution in [-0.2, 0) is 6.54 Å². The van der Waals surface area contributed by atoms with E-state index in [1.807, 2.05) is 31.2 Å².